The van der Waals surface area contributed by atoms with E-state index in [4.69, 9.17) is 19.2 Å². The molecule has 0 aliphatic carbocycles. The van der Waals surface area contributed by atoms with Gasteiger partial charge < -0.3 is 34.1 Å². The number of aromatic nitrogens is 2. The molecule has 3 amide bonds. The van der Waals surface area contributed by atoms with Gasteiger partial charge in [-0.05, 0) is 50.5 Å². The van der Waals surface area contributed by atoms with Gasteiger partial charge in [-0.1, -0.05) is 17.3 Å². The highest BCUT2D eigenvalue weighted by atomic mass is 16.5. The summed E-state index contributed by atoms with van der Waals surface area (Å²) in [6.07, 6.45) is 2.93. The van der Waals surface area contributed by atoms with Crippen LogP contribution in [0.15, 0.2) is 51.9 Å². The summed E-state index contributed by atoms with van der Waals surface area (Å²) in [5, 5.41) is 13.9. The van der Waals surface area contributed by atoms with Crippen LogP contribution in [-0.2, 0) is 27.9 Å². The van der Waals surface area contributed by atoms with Crippen molar-refractivity contribution in [3.05, 3.63) is 81.1 Å². The minimum Gasteiger partial charge on any atom is -0.492 e. The van der Waals surface area contributed by atoms with Crippen LogP contribution in [0.4, 0.5) is 0 Å². The molecule has 0 spiro atoms. The fraction of sp³-hybridized carbons (Fsp3) is 0.438. The molecule has 2 aliphatic heterocycles. The predicted octanol–water partition coefficient (Wildman–Crippen LogP) is 1.91. The van der Waals surface area contributed by atoms with E-state index in [1.807, 2.05) is 38.1 Å². The Balaban J connectivity index is 0.00000148. The second kappa shape index (κ2) is 15.2. The summed E-state index contributed by atoms with van der Waals surface area (Å²) >= 11 is 0. The molecule has 2 bridgehead atoms. The summed E-state index contributed by atoms with van der Waals surface area (Å²) < 4.78 is 12.7. The third-order valence-corrected chi connectivity index (χ3v) is 8.22. The second-order valence-corrected chi connectivity index (χ2v) is 11.1. The molecular weight excluding hydrogens is 582 g/mol. The van der Waals surface area contributed by atoms with Crippen molar-refractivity contribution in [2.45, 2.75) is 39.0 Å². The first-order valence-electron chi connectivity index (χ1n) is 14.9. The molecule has 1 aromatic carbocycles. The lowest BCUT2D eigenvalue weighted by Gasteiger charge is -2.25. The molecule has 2 N–H and O–H groups in total. The van der Waals surface area contributed by atoms with Gasteiger partial charge in [0.2, 0.25) is 17.4 Å². The summed E-state index contributed by atoms with van der Waals surface area (Å²) in [4.78, 5) is 63.6. The number of carbonyl (C=O) groups is 4. The number of ether oxygens (including phenoxy) is 1. The largest absolute Gasteiger partial charge is 0.492 e. The Morgan fingerprint density at radius 3 is 2.56 bits per heavy atom. The van der Waals surface area contributed by atoms with E-state index >= 15 is 0 Å². The number of nitrogens with one attached hydrogen (secondary N) is 1. The van der Waals surface area contributed by atoms with Crippen molar-refractivity contribution in [2.24, 2.45) is 13.0 Å². The minimum atomic E-state index is -0.408. The first-order valence-corrected chi connectivity index (χ1v) is 14.9. The maximum absolute atomic E-state index is 13.5. The fourth-order valence-corrected chi connectivity index (χ4v) is 5.80. The Morgan fingerprint density at radius 2 is 1.84 bits per heavy atom. The number of likely N-dealkylation sites (tertiary alicyclic amines) is 1. The van der Waals surface area contributed by atoms with Crippen LogP contribution < -0.4 is 15.6 Å². The fourth-order valence-electron chi connectivity index (χ4n) is 5.80. The van der Waals surface area contributed by atoms with E-state index in [2.05, 4.69) is 10.5 Å². The van der Waals surface area contributed by atoms with Crippen LogP contribution in [0.2, 0.25) is 0 Å². The normalized spacial score (nSPS) is 18.4. The highest BCUT2D eigenvalue weighted by Crippen LogP contribution is 2.35. The highest BCUT2D eigenvalue weighted by molar-refractivity contribution is 5.94. The lowest BCUT2D eigenvalue weighted by Crippen LogP contribution is -2.39. The van der Waals surface area contributed by atoms with E-state index in [9.17, 15) is 19.2 Å². The summed E-state index contributed by atoms with van der Waals surface area (Å²) in [6.45, 7) is 5.68. The van der Waals surface area contributed by atoms with E-state index in [-0.39, 0.29) is 42.3 Å². The third kappa shape index (κ3) is 8.16. The Morgan fingerprint density at radius 1 is 1.09 bits per heavy atom. The van der Waals surface area contributed by atoms with Crippen molar-refractivity contribution >= 4 is 24.2 Å². The van der Waals surface area contributed by atoms with Crippen molar-refractivity contribution < 1.29 is 33.5 Å². The molecule has 4 heterocycles. The molecule has 0 radical (unpaired) electrons. The Labute approximate surface area is 260 Å². The van der Waals surface area contributed by atoms with Gasteiger partial charge in [-0.3, -0.25) is 24.0 Å². The van der Waals surface area contributed by atoms with Crippen molar-refractivity contribution in [1.29, 1.82) is 0 Å². The third-order valence-electron chi connectivity index (χ3n) is 8.22. The minimum absolute atomic E-state index is 0.00631. The molecule has 45 heavy (non-hydrogen) atoms. The van der Waals surface area contributed by atoms with Gasteiger partial charge in [-0.15, -0.1) is 0 Å². The van der Waals surface area contributed by atoms with Crippen LogP contribution in [0.3, 0.4) is 0 Å². The van der Waals surface area contributed by atoms with Crippen LogP contribution in [-0.4, -0.2) is 88.2 Å². The molecule has 2 atom stereocenters. The standard InChI is InChI=1S/C31H37N5O6.CH2O2/c1-20-25(21(2)42-33-20)9-11-29(38)36-18-26-22-6-4-7-24(16-22)41-15-14-35(13-5-12-32-30(39)27(26)19-36)31(40)23-8-10-28(37)34(3)17-23;2-1-3/h4,6-8,10,16-17,26-27H,5,9,11-15,18-19H2,1-3H3,(H,32,39);1H,(H,2,3)/t26-,27+;/m1./s1. The molecule has 2 aromatic heterocycles. The number of benzene rings is 1. The molecule has 240 valence electrons. The molecule has 1 saturated heterocycles. The van der Waals surface area contributed by atoms with Crippen LogP contribution in [0.25, 0.3) is 0 Å². The van der Waals surface area contributed by atoms with Gasteiger partial charge in [0.05, 0.1) is 23.7 Å². The number of amides is 3. The second-order valence-electron chi connectivity index (χ2n) is 11.1. The summed E-state index contributed by atoms with van der Waals surface area (Å²) in [7, 11) is 1.61. The molecule has 1 fully saturated rings. The molecule has 5 rings (SSSR count). The van der Waals surface area contributed by atoms with Crippen LogP contribution in [0.5, 0.6) is 5.75 Å². The number of fused-ring (bicyclic) bond motifs is 4. The zero-order valence-corrected chi connectivity index (χ0v) is 25.7. The van der Waals surface area contributed by atoms with Gasteiger partial charge in [-0.25, -0.2) is 0 Å². The zero-order chi connectivity index (χ0) is 32.5. The summed E-state index contributed by atoms with van der Waals surface area (Å²) in [5.74, 6) is 0.468. The van der Waals surface area contributed by atoms with E-state index in [0.717, 1.165) is 22.6 Å². The number of nitrogens with zero attached hydrogens (tertiary/aromatic N) is 4. The number of hydrogen-bond donors (Lipinski definition) is 2. The lowest BCUT2D eigenvalue weighted by atomic mass is 9.88. The lowest BCUT2D eigenvalue weighted by molar-refractivity contribution is -0.130. The smallest absolute Gasteiger partial charge is 0.290 e. The van der Waals surface area contributed by atoms with Crippen molar-refractivity contribution in [2.75, 3.05) is 39.3 Å². The average molecular weight is 622 g/mol. The number of carbonyl (C=O) groups excluding carboxylic acids is 3. The quantitative estimate of drug-likeness (QED) is 0.414. The Hall–Kier alpha value is -4.94. The zero-order valence-electron chi connectivity index (χ0n) is 25.7. The van der Waals surface area contributed by atoms with Crippen molar-refractivity contribution in [3.63, 3.8) is 0 Å². The summed E-state index contributed by atoms with van der Waals surface area (Å²) in [5.41, 5.74) is 2.90. The molecule has 0 saturated carbocycles. The van der Waals surface area contributed by atoms with Crippen molar-refractivity contribution in [3.8, 4) is 5.75 Å². The van der Waals surface area contributed by atoms with Gasteiger partial charge in [-0.2, -0.15) is 0 Å². The first kappa shape index (κ1) is 33.0. The molecular formula is C32H39N5O8. The number of carboxylic acid groups (broad SMARTS) is 1. The Kier molecular flexibility index (Phi) is 11.1. The van der Waals surface area contributed by atoms with E-state index in [1.165, 1.54) is 22.9 Å². The maximum Gasteiger partial charge on any atom is 0.290 e. The monoisotopic (exact) mass is 621 g/mol. The van der Waals surface area contributed by atoms with Gasteiger partial charge in [0.1, 0.15) is 18.1 Å². The van der Waals surface area contributed by atoms with Crippen LogP contribution in [0.1, 0.15) is 51.7 Å². The molecule has 2 aliphatic rings. The van der Waals surface area contributed by atoms with Crippen LogP contribution >= 0.6 is 0 Å². The van der Waals surface area contributed by atoms with Gasteiger partial charge in [0, 0.05) is 63.4 Å². The van der Waals surface area contributed by atoms with Crippen LogP contribution in [0, 0.1) is 19.8 Å². The molecule has 0 unspecified atom stereocenters. The van der Waals surface area contributed by atoms with Crippen molar-refractivity contribution in [1.82, 2.24) is 24.8 Å². The molecule has 3 aromatic rings. The van der Waals surface area contributed by atoms with Gasteiger partial charge in [0.15, 0.2) is 0 Å². The van der Waals surface area contributed by atoms with Gasteiger partial charge in [0.25, 0.3) is 12.4 Å². The first-order chi connectivity index (χ1) is 21.6. The van der Waals surface area contributed by atoms with E-state index in [0.29, 0.717) is 63.3 Å². The van der Waals surface area contributed by atoms with Gasteiger partial charge >= 0.3 is 0 Å². The number of pyridine rings is 1. The maximum atomic E-state index is 13.5. The molecule has 13 heteroatoms. The van der Waals surface area contributed by atoms with E-state index < -0.39 is 5.92 Å². The van der Waals surface area contributed by atoms with E-state index in [1.54, 1.807) is 16.8 Å². The highest BCUT2D eigenvalue weighted by Gasteiger charge is 2.40. The summed E-state index contributed by atoms with van der Waals surface area (Å²) in [6, 6.07) is 10.5. The average Bonchev–Trinajstić information content (AvgIpc) is 3.61. The topological polar surface area (TPSA) is 164 Å². The predicted molar refractivity (Wildman–Crippen MR) is 163 cm³/mol. The number of rotatable bonds is 4. The Bertz CT molecular complexity index is 1560. The SMILES string of the molecule is Cc1noc(C)c1CCC(=O)N1C[C@@H]2C(=O)NCCCN(C(=O)c3ccc(=O)n(C)c3)CCOc3cccc(c3)[C@H]2C1.O=CO. The molecule has 13 nitrogen and oxygen atoms in total. The number of aryl methyl sites for hydroxylation is 3. The number of hydrogen-bond acceptors (Lipinski definition) is 8.